The molecule has 1 N–H and O–H groups in total. The van der Waals surface area contributed by atoms with E-state index in [1.54, 1.807) is 11.9 Å². The van der Waals surface area contributed by atoms with Crippen LogP contribution in [0, 0.1) is 6.92 Å². The number of urea groups is 1. The van der Waals surface area contributed by atoms with Gasteiger partial charge < -0.3 is 19.9 Å². The lowest BCUT2D eigenvalue weighted by Crippen LogP contribution is -2.43. The smallest absolute Gasteiger partial charge is 0.320 e. The summed E-state index contributed by atoms with van der Waals surface area (Å²) in [4.78, 5) is 30.6. The van der Waals surface area contributed by atoms with Crippen LogP contribution in [0.3, 0.4) is 0 Å². The fourth-order valence-corrected chi connectivity index (χ4v) is 3.70. The van der Waals surface area contributed by atoms with Crippen molar-refractivity contribution in [1.29, 1.82) is 0 Å². The van der Waals surface area contributed by atoms with Crippen molar-refractivity contribution in [2.24, 2.45) is 0 Å². The zero-order valence-electron chi connectivity index (χ0n) is 15.9. The van der Waals surface area contributed by atoms with Gasteiger partial charge in [-0.3, -0.25) is 9.69 Å². The zero-order chi connectivity index (χ0) is 19.4. The second-order valence-electron chi connectivity index (χ2n) is 7.12. The van der Waals surface area contributed by atoms with Gasteiger partial charge in [0.1, 0.15) is 6.04 Å². The molecule has 1 aromatic carbocycles. The number of amides is 3. The summed E-state index contributed by atoms with van der Waals surface area (Å²) in [5, 5.41) is 3.54. The Morgan fingerprint density at radius 3 is 2.74 bits per heavy atom. The fourth-order valence-electron chi connectivity index (χ4n) is 3.39. The van der Waals surface area contributed by atoms with E-state index in [0.717, 1.165) is 44.0 Å². The van der Waals surface area contributed by atoms with E-state index in [1.807, 2.05) is 25.1 Å². The molecule has 2 heterocycles. The van der Waals surface area contributed by atoms with Gasteiger partial charge in [0.25, 0.3) is 0 Å². The number of morpholine rings is 1. The minimum atomic E-state index is -0.480. The van der Waals surface area contributed by atoms with Gasteiger partial charge in [0.15, 0.2) is 0 Å². The molecule has 0 radical (unpaired) electrons. The Morgan fingerprint density at radius 2 is 2.04 bits per heavy atom. The van der Waals surface area contributed by atoms with Crippen molar-refractivity contribution in [3.63, 3.8) is 0 Å². The number of rotatable bonds is 6. The molecule has 0 bridgehead atoms. The number of likely N-dealkylation sites (N-methyl/N-ethyl adjacent to an activating group) is 1. The Bertz CT molecular complexity index is 694. The van der Waals surface area contributed by atoms with Gasteiger partial charge in [0, 0.05) is 44.8 Å². The summed E-state index contributed by atoms with van der Waals surface area (Å²) in [5.74, 6) is -0.156. The molecule has 2 aliphatic heterocycles. The number of nitrogens with one attached hydrogen (secondary N) is 1. The molecule has 2 aliphatic rings. The molecule has 148 valence electrons. The maximum atomic E-state index is 12.6. The molecule has 1 aromatic rings. The summed E-state index contributed by atoms with van der Waals surface area (Å²) < 4.78 is 5.34. The van der Waals surface area contributed by atoms with Crippen molar-refractivity contribution in [2.75, 3.05) is 53.0 Å². The molecule has 1 atom stereocenters. The van der Waals surface area contributed by atoms with E-state index in [1.165, 1.54) is 4.90 Å². The molecular weight excluding hydrogens is 368 g/mol. The Labute approximate surface area is 165 Å². The average molecular weight is 395 g/mol. The monoisotopic (exact) mass is 394 g/mol. The zero-order valence-corrected chi connectivity index (χ0v) is 16.7. The molecule has 0 aliphatic carbocycles. The first kappa shape index (κ1) is 19.9. The predicted molar refractivity (Wildman–Crippen MR) is 104 cm³/mol. The number of aryl methyl sites for hydroxylation is 1. The van der Waals surface area contributed by atoms with E-state index in [-0.39, 0.29) is 11.9 Å². The highest BCUT2D eigenvalue weighted by Crippen LogP contribution is 2.18. The van der Waals surface area contributed by atoms with Crippen LogP contribution in [-0.4, -0.2) is 85.7 Å². The maximum absolute atomic E-state index is 12.6. The first-order valence-corrected chi connectivity index (χ1v) is 9.68. The molecule has 0 spiro atoms. The highest BCUT2D eigenvalue weighted by Gasteiger charge is 2.38. The van der Waals surface area contributed by atoms with E-state index < -0.39 is 6.04 Å². The van der Waals surface area contributed by atoms with Crippen LogP contribution in [0.4, 0.5) is 4.79 Å². The van der Waals surface area contributed by atoms with Crippen molar-refractivity contribution in [1.82, 2.24) is 20.0 Å². The number of hydrogen-bond donors (Lipinski definition) is 1. The van der Waals surface area contributed by atoms with Gasteiger partial charge in [-0.25, -0.2) is 4.79 Å². The molecule has 0 saturated carbocycles. The molecule has 1 unspecified atom stereocenters. The molecule has 27 heavy (non-hydrogen) atoms. The lowest BCUT2D eigenvalue weighted by Gasteiger charge is -2.28. The lowest BCUT2D eigenvalue weighted by atomic mass is 10.1. The predicted octanol–water partition coefficient (Wildman–Crippen LogP) is 1.33. The Morgan fingerprint density at radius 1 is 1.30 bits per heavy atom. The van der Waals surface area contributed by atoms with Gasteiger partial charge in [0.2, 0.25) is 5.91 Å². The second-order valence-corrected chi connectivity index (χ2v) is 7.53. The van der Waals surface area contributed by atoms with Crippen LogP contribution in [0.1, 0.15) is 11.1 Å². The maximum Gasteiger partial charge on any atom is 0.320 e. The van der Waals surface area contributed by atoms with Crippen molar-refractivity contribution in [3.8, 4) is 0 Å². The number of ether oxygens (including phenoxy) is 1. The first-order chi connectivity index (χ1) is 13.0. The molecule has 8 heteroatoms. The van der Waals surface area contributed by atoms with Gasteiger partial charge in [-0.05, 0) is 24.1 Å². The highest BCUT2D eigenvalue weighted by molar-refractivity contribution is 6.31. The Balaban J connectivity index is 1.51. The van der Waals surface area contributed by atoms with Gasteiger partial charge in [-0.15, -0.1) is 0 Å². The number of carbonyl (C=O) groups is 2. The van der Waals surface area contributed by atoms with Gasteiger partial charge in [-0.2, -0.15) is 0 Å². The van der Waals surface area contributed by atoms with Crippen molar-refractivity contribution >= 4 is 23.5 Å². The average Bonchev–Trinajstić information content (AvgIpc) is 2.95. The molecular formula is C19H27ClN4O3. The normalized spacial score (nSPS) is 21.0. The Hall–Kier alpha value is -1.83. The fraction of sp³-hybridized carbons (Fsp3) is 0.579. The Kier molecular flexibility index (Phi) is 6.57. The van der Waals surface area contributed by atoms with Crippen LogP contribution in [-0.2, 0) is 16.1 Å². The van der Waals surface area contributed by atoms with E-state index in [0.29, 0.717) is 24.7 Å². The lowest BCUT2D eigenvalue weighted by molar-refractivity contribution is -0.124. The van der Waals surface area contributed by atoms with Crippen LogP contribution in [0.15, 0.2) is 18.2 Å². The largest absolute Gasteiger partial charge is 0.379 e. The molecule has 2 fully saturated rings. The molecule has 3 amide bonds. The quantitative estimate of drug-likeness (QED) is 0.790. The van der Waals surface area contributed by atoms with Crippen LogP contribution >= 0.6 is 11.6 Å². The first-order valence-electron chi connectivity index (χ1n) is 9.30. The molecule has 7 nitrogen and oxygen atoms in total. The summed E-state index contributed by atoms with van der Waals surface area (Å²) >= 11 is 6.23. The summed E-state index contributed by atoms with van der Waals surface area (Å²) in [6, 6.07) is 5.17. The van der Waals surface area contributed by atoms with E-state index in [2.05, 4.69) is 10.2 Å². The number of nitrogens with zero attached hydrogens (tertiary/aromatic N) is 3. The third-order valence-corrected chi connectivity index (χ3v) is 5.54. The minimum absolute atomic E-state index is 0.100. The summed E-state index contributed by atoms with van der Waals surface area (Å²) in [6.07, 6.45) is 0. The van der Waals surface area contributed by atoms with Gasteiger partial charge >= 0.3 is 6.03 Å². The van der Waals surface area contributed by atoms with Crippen molar-refractivity contribution in [3.05, 3.63) is 34.3 Å². The van der Waals surface area contributed by atoms with Crippen molar-refractivity contribution < 1.29 is 14.3 Å². The molecule has 3 rings (SSSR count). The third-order valence-electron chi connectivity index (χ3n) is 5.19. The summed E-state index contributed by atoms with van der Waals surface area (Å²) in [7, 11) is 1.68. The topological polar surface area (TPSA) is 65.1 Å². The third kappa shape index (κ3) is 4.91. The van der Waals surface area contributed by atoms with Gasteiger partial charge in [-0.1, -0.05) is 23.7 Å². The number of halogens is 1. The SMILES string of the molecule is Cc1ccc(CNC(=O)C2CN(CCN3CCOCC3)C(=O)N2C)c(Cl)c1. The molecule has 2 saturated heterocycles. The van der Waals surface area contributed by atoms with E-state index >= 15 is 0 Å². The van der Waals surface area contributed by atoms with E-state index in [9.17, 15) is 9.59 Å². The van der Waals surface area contributed by atoms with Crippen LogP contribution < -0.4 is 5.32 Å². The highest BCUT2D eigenvalue weighted by atomic mass is 35.5. The van der Waals surface area contributed by atoms with Crippen LogP contribution in [0.5, 0.6) is 0 Å². The summed E-state index contributed by atoms with van der Waals surface area (Å²) in [5.41, 5.74) is 1.94. The standard InChI is InChI=1S/C19H27ClN4O3/c1-14-3-4-15(16(20)11-14)12-21-18(25)17-13-24(19(26)22(17)2)6-5-23-7-9-27-10-8-23/h3-4,11,17H,5-10,12-13H2,1-2H3,(H,21,25). The number of carbonyl (C=O) groups excluding carboxylic acids is 2. The van der Waals surface area contributed by atoms with Crippen LogP contribution in [0.2, 0.25) is 5.02 Å². The van der Waals surface area contributed by atoms with Crippen LogP contribution in [0.25, 0.3) is 0 Å². The van der Waals surface area contributed by atoms with Crippen molar-refractivity contribution in [2.45, 2.75) is 19.5 Å². The summed E-state index contributed by atoms with van der Waals surface area (Å²) in [6.45, 7) is 7.41. The molecule has 0 aromatic heterocycles. The second kappa shape index (κ2) is 8.91. The number of hydrogen-bond acceptors (Lipinski definition) is 4. The van der Waals surface area contributed by atoms with E-state index in [4.69, 9.17) is 16.3 Å². The minimum Gasteiger partial charge on any atom is -0.379 e. The number of benzene rings is 1. The van der Waals surface area contributed by atoms with Gasteiger partial charge in [0.05, 0.1) is 19.8 Å².